The Balaban J connectivity index is 1.40. The zero-order valence-electron chi connectivity index (χ0n) is 14.9. The Morgan fingerprint density at radius 3 is 2.88 bits per heavy atom. The minimum atomic E-state index is 0.265. The summed E-state index contributed by atoms with van der Waals surface area (Å²) >= 11 is 1.74. The number of nitrogens with zero attached hydrogens (tertiary/aromatic N) is 4. The average molecular weight is 359 g/mol. The van der Waals surface area contributed by atoms with E-state index >= 15 is 0 Å². The van der Waals surface area contributed by atoms with Gasteiger partial charge in [-0.25, -0.2) is 4.98 Å². The fourth-order valence-corrected chi connectivity index (χ4v) is 4.56. The second-order valence-electron chi connectivity index (χ2n) is 7.32. The molecule has 2 aliphatic rings. The predicted molar refractivity (Wildman–Crippen MR) is 101 cm³/mol. The number of rotatable bonds is 3. The molecule has 0 saturated carbocycles. The summed E-state index contributed by atoms with van der Waals surface area (Å²) in [5, 5.41) is 3.35. The number of pyridine rings is 1. The maximum absolute atomic E-state index is 6.01. The molecule has 2 aliphatic heterocycles. The lowest BCUT2D eigenvalue weighted by Gasteiger charge is -2.42. The number of hydrogen-bond acceptors (Lipinski definition) is 6. The van der Waals surface area contributed by atoms with Crippen LogP contribution in [0.1, 0.15) is 23.5 Å². The minimum Gasteiger partial charge on any atom is -0.379 e. The van der Waals surface area contributed by atoms with Crippen LogP contribution in [0, 0.1) is 12.3 Å². The SMILES string of the molecule is Cc1nc(CN2CCC3(CC2)COCCN(c2cccnc2)C3)cs1. The number of hydrogen-bond donors (Lipinski definition) is 0. The summed E-state index contributed by atoms with van der Waals surface area (Å²) in [5.41, 5.74) is 2.70. The molecule has 2 aromatic heterocycles. The summed E-state index contributed by atoms with van der Waals surface area (Å²) in [6.07, 6.45) is 6.19. The molecule has 2 saturated heterocycles. The largest absolute Gasteiger partial charge is 0.379 e. The van der Waals surface area contributed by atoms with Gasteiger partial charge in [0.05, 0.1) is 35.8 Å². The van der Waals surface area contributed by atoms with Crippen LogP contribution in [0.15, 0.2) is 29.9 Å². The normalized spacial score (nSPS) is 21.4. The predicted octanol–water partition coefficient (Wildman–Crippen LogP) is 2.97. The molecular formula is C19H26N4OS. The van der Waals surface area contributed by atoms with Gasteiger partial charge in [0.1, 0.15) is 0 Å². The van der Waals surface area contributed by atoms with Crippen LogP contribution in [0.25, 0.3) is 0 Å². The number of piperidine rings is 1. The summed E-state index contributed by atoms with van der Waals surface area (Å²) in [7, 11) is 0. The van der Waals surface area contributed by atoms with Crippen molar-refractivity contribution in [3.63, 3.8) is 0 Å². The van der Waals surface area contributed by atoms with Crippen LogP contribution in [0.4, 0.5) is 5.69 Å². The highest BCUT2D eigenvalue weighted by molar-refractivity contribution is 7.09. The highest BCUT2D eigenvalue weighted by Gasteiger charge is 2.38. The van der Waals surface area contributed by atoms with Crippen LogP contribution in [0.2, 0.25) is 0 Å². The molecule has 6 heteroatoms. The number of anilines is 1. The average Bonchev–Trinajstić information content (AvgIpc) is 2.94. The van der Waals surface area contributed by atoms with Gasteiger partial charge in [-0.1, -0.05) is 0 Å². The van der Waals surface area contributed by atoms with Gasteiger partial charge in [0.25, 0.3) is 0 Å². The zero-order chi connectivity index (χ0) is 17.1. The Labute approximate surface area is 153 Å². The smallest absolute Gasteiger partial charge is 0.0897 e. The topological polar surface area (TPSA) is 41.5 Å². The van der Waals surface area contributed by atoms with Gasteiger partial charge < -0.3 is 9.64 Å². The third kappa shape index (κ3) is 4.02. The second-order valence-corrected chi connectivity index (χ2v) is 8.38. The Morgan fingerprint density at radius 1 is 1.28 bits per heavy atom. The molecular weight excluding hydrogens is 332 g/mol. The molecule has 0 radical (unpaired) electrons. The standard InChI is InChI=1S/C19H26N4OS/c1-16-21-17(13-25-16)12-22-7-4-19(5-8-22)14-23(9-10-24-15-19)18-3-2-6-20-11-18/h2-3,6,11,13H,4-5,7-10,12,14-15H2,1H3. The number of aryl methyl sites for hydroxylation is 1. The Bertz CT molecular complexity index is 682. The highest BCUT2D eigenvalue weighted by Crippen LogP contribution is 2.36. The van der Waals surface area contributed by atoms with Crippen molar-refractivity contribution in [3.05, 3.63) is 40.6 Å². The van der Waals surface area contributed by atoms with Gasteiger partial charge in [-0.15, -0.1) is 11.3 Å². The van der Waals surface area contributed by atoms with Gasteiger partial charge in [-0.05, 0) is 45.0 Å². The van der Waals surface area contributed by atoms with Crippen LogP contribution in [0.5, 0.6) is 0 Å². The van der Waals surface area contributed by atoms with Crippen LogP contribution in [-0.4, -0.2) is 54.3 Å². The van der Waals surface area contributed by atoms with E-state index in [9.17, 15) is 0 Å². The van der Waals surface area contributed by atoms with Crippen molar-refractivity contribution < 1.29 is 4.74 Å². The van der Waals surface area contributed by atoms with Crippen LogP contribution in [-0.2, 0) is 11.3 Å². The van der Waals surface area contributed by atoms with Gasteiger partial charge in [0.2, 0.25) is 0 Å². The van der Waals surface area contributed by atoms with Crippen molar-refractivity contribution in [2.45, 2.75) is 26.3 Å². The summed E-state index contributed by atoms with van der Waals surface area (Å²) in [5.74, 6) is 0. The second kappa shape index (κ2) is 7.40. The van der Waals surface area contributed by atoms with Crippen molar-refractivity contribution in [2.75, 3.05) is 44.3 Å². The Morgan fingerprint density at radius 2 is 2.16 bits per heavy atom. The Kier molecular flexibility index (Phi) is 5.01. The molecule has 1 spiro atoms. The molecule has 0 N–H and O–H groups in total. The maximum atomic E-state index is 6.01. The lowest BCUT2D eigenvalue weighted by atomic mass is 9.78. The molecule has 0 aliphatic carbocycles. The minimum absolute atomic E-state index is 0.265. The lowest BCUT2D eigenvalue weighted by molar-refractivity contribution is 0.0199. The quantitative estimate of drug-likeness (QED) is 0.844. The summed E-state index contributed by atoms with van der Waals surface area (Å²) < 4.78 is 6.01. The molecule has 2 aromatic rings. The molecule has 134 valence electrons. The van der Waals surface area contributed by atoms with E-state index in [2.05, 4.69) is 38.1 Å². The fourth-order valence-electron chi connectivity index (χ4n) is 3.95. The third-order valence-corrected chi connectivity index (χ3v) is 6.24. The van der Waals surface area contributed by atoms with Crippen LogP contribution < -0.4 is 4.90 Å². The van der Waals surface area contributed by atoms with E-state index in [1.165, 1.54) is 24.2 Å². The monoisotopic (exact) mass is 358 g/mol. The zero-order valence-corrected chi connectivity index (χ0v) is 15.7. The molecule has 0 aromatic carbocycles. The maximum Gasteiger partial charge on any atom is 0.0897 e. The van der Waals surface area contributed by atoms with Crippen LogP contribution in [0.3, 0.4) is 0 Å². The van der Waals surface area contributed by atoms with Crippen molar-refractivity contribution >= 4 is 17.0 Å². The molecule has 4 heterocycles. The lowest BCUT2D eigenvalue weighted by Crippen LogP contribution is -2.47. The summed E-state index contributed by atoms with van der Waals surface area (Å²) in [6, 6.07) is 4.18. The first kappa shape index (κ1) is 16.9. The Hall–Kier alpha value is -1.50. The van der Waals surface area contributed by atoms with Crippen molar-refractivity contribution in [1.29, 1.82) is 0 Å². The van der Waals surface area contributed by atoms with Gasteiger partial charge in [0, 0.05) is 36.6 Å². The number of thiazole rings is 1. The van der Waals surface area contributed by atoms with Gasteiger partial charge in [-0.3, -0.25) is 9.88 Å². The number of likely N-dealkylation sites (tertiary alicyclic amines) is 1. The van der Waals surface area contributed by atoms with E-state index in [-0.39, 0.29) is 5.41 Å². The molecule has 5 nitrogen and oxygen atoms in total. The van der Waals surface area contributed by atoms with E-state index in [4.69, 9.17) is 4.74 Å². The van der Waals surface area contributed by atoms with Crippen molar-refractivity contribution in [1.82, 2.24) is 14.9 Å². The van der Waals surface area contributed by atoms with Gasteiger partial charge >= 0.3 is 0 Å². The van der Waals surface area contributed by atoms with E-state index in [1.54, 1.807) is 11.3 Å². The van der Waals surface area contributed by atoms with E-state index < -0.39 is 0 Å². The van der Waals surface area contributed by atoms with E-state index in [1.807, 2.05) is 18.5 Å². The first-order valence-corrected chi connectivity index (χ1v) is 9.97. The summed E-state index contributed by atoms with van der Waals surface area (Å²) in [4.78, 5) is 13.9. The van der Waals surface area contributed by atoms with Crippen molar-refractivity contribution in [2.24, 2.45) is 5.41 Å². The molecule has 4 rings (SSSR count). The molecule has 0 atom stereocenters. The van der Waals surface area contributed by atoms with Crippen molar-refractivity contribution in [3.8, 4) is 0 Å². The first-order valence-electron chi connectivity index (χ1n) is 9.09. The molecule has 0 amide bonds. The molecule has 2 fully saturated rings. The molecule has 0 bridgehead atoms. The van der Waals surface area contributed by atoms with E-state index in [0.29, 0.717) is 0 Å². The first-order chi connectivity index (χ1) is 12.2. The van der Waals surface area contributed by atoms with Gasteiger partial charge in [-0.2, -0.15) is 0 Å². The van der Waals surface area contributed by atoms with Crippen LogP contribution >= 0.6 is 11.3 Å². The number of aromatic nitrogens is 2. The molecule has 25 heavy (non-hydrogen) atoms. The van der Waals surface area contributed by atoms with Gasteiger partial charge in [0.15, 0.2) is 0 Å². The fraction of sp³-hybridized carbons (Fsp3) is 0.579. The highest BCUT2D eigenvalue weighted by atomic mass is 32.1. The number of ether oxygens (including phenoxy) is 1. The molecule has 0 unspecified atom stereocenters. The third-order valence-electron chi connectivity index (χ3n) is 5.42. The summed E-state index contributed by atoms with van der Waals surface area (Å²) in [6.45, 7) is 9.02. The van der Waals surface area contributed by atoms with E-state index in [0.717, 1.165) is 50.9 Å².